The van der Waals surface area contributed by atoms with Gasteiger partial charge in [0, 0.05) is 5.02 Å². The van der Waals surface area contributed by atoms with Crippen LogP contribution in [0.1, 0.15) is 17.5 Å². The van der Waals surface area contributed by atoms with Crippen molar-refractivity contribution in [2.24, 2.45) is 0 Å². The number of fused-ring (bicyclic) bond motifs is 1. The molecule has 3 rings (SSSR count). The molecule has 1 aromatic heterocycles. The van der Waals surface area contributed by atoms with Crippen molar-refractivity contribution >= 4 is 22.6 Å². The molecule has 2 aromatic carbocycles. The second-order valence-corrected chi connectivity index (χ2v) is 4.53. The van der Waals surface area contributed by atoms with Crippen LogP contribution in [-0.2, 0) is 0 Å². The van der Waals surface area contributed by atoms with Gasteiger partial charge in [0.1, 0.15) is 11.9 Å². The lowest BCUT2D eigenvalue weighted by molar-refractivity contribution is 0.211. The molecule has 2 N–H and O–H groups in total. The number of aromatic nitrogens is 2. The predicted octanol–water partition coefficient (Wildman–Crippen LogP) is 3.30. The van der Waals surface area contributed by atoms with Gasteiger partial charge in [-0.1, -0.05) is 41.9 Å². The Balaban J connectivity index is 2.04. The van der Waals surface area contributed by atoms with Crippen molar-refractivity contribution < 1.29 is 5.11 Å². The van der Waals surface area contributed by atoms with E-state index in [1.165, 1.54) is 0 Å². The van der Waals surface area contributed by atoms with Crippen LogP contribution in [0, 0.1) is 0 Å². The maximum absolute atomic E-state index is 10.2. The minimum absolute atomic E-state index is 0.526. The normalized spacial score (nSPS) is 12.8. The third-order valence-electron chi connectivity index (χ3n) is 2.84. The van der Waals surface area contributed by atoms with Gasteiger partial charge in [-0.25, -0.2) is 4.98 Å². The van der Waals surface area contributed by atoms with Crippen molar-refractivity contribution in [3.8, 4) is 0 Å². The molecular weight excluding hydrogens is 248 g/mol. The molecule has 0 aliphatic carbocycles. The molecule has 3 aromatic rings. The van der Waals surface area contributed by atoms with E-state index in [0.29, 0.717) is 10.8 Å². The summed E-state index contributed by atoms with van der Waals surface area (Å²) >= 11 is 5.91. The monoisotopic (exact) mass is 258 g/mol. The number of nitrogens with one attached hydrogen (secondary N) is 1. The fraction of sp³-hybridized carbons (Fsp3) is 0.0714. The maximum Gasteiger partial charge on any atom is 0.140 e. The summed E-state index contributed by atoms with van der Waals surface area (Å²) < 4.78 is 0. The Labute approximate surface area is 109 Å². The minimum atomic E-state index is -0.752. The molecule has 0 bridgehead atoms. The van der Waals surface area contributed by atoms with E-state index < -0.39 is 6.10 Å². The summed E-state index contributed by atoms with van der Waals surface area (Å²) in [7, 11) is 0. The molecule has 0 fully saturated rings. The van der Waals surface area contributed by atoms with Crippen LogP contribution in [0.15, 0.2) is 48.5 Å². The van der Waals surface area contributed by atoms with E-state index >= 15 is 0 Å². The molecule has 1 unspecified atom stereocenters. The van der Waals surface area contributed by atoms with Crippen molar-refractivity contribution in [2.75, 3.05) is 0 Å². The average Bonchev–Trinajstić information content (AvgIpc) is 2.81. The van der Waals surface area contributed by atoms with Crippen molar-refractivity contribution in [2.45, 2.75) is 6.10 Å². The lowest BCUT2D eigenvalue weighted by Gasteiger charge is -2.06. The van der Waals surface area contributed by atoms with E-state index in [0.717, 1.165) is 16.6 Å². The summed E-state index contributed by atoms with van der Waals surface area (Å²) in [6, 6.07) is 14.8. The summed E-state index contributed by atoms with van der Waals surface area (Å²) in [5.74, 6) is 0.526. The number of hydrogen-bond donors (Lipinski definition) is 2. The standard InChI is InChI=1S/C14H11ClN2O/c15-10-6-7-11-12(8-10)17-14(16-11)13(18)9-4-2-1-3-5-9/h1-8,13,18H,(H,16,17). The van der Waals surface area contributed by atoms with Crippen LogP contribution in [0.5, 0.6) is 0 Å². The molecule has 90 valence electrons. The number of H-pyrrole nitrogens is 1. The largest absolute Gasteiger partial charge is 0.380 e. The minimum Gasteiger partial charge on any atom is -0.380 e. The van der Waals surface area contributed by atoms with Crippen LogP contribution in [0.4, 0.5) is 0 Å². The molecule has 0 spiro atoms. The fourth-order valence-corrected chi connectivity index (χ4v) is 2.10. The first kappa shape index (κ1) is 11.3. The van der Waals surface area contributed by atoms with E-state index in [1.54, 1.807) is 12.1 Å². The third-order valence-corrected chi connectivity index (χ3v) is 3.07. The third kappa shape index (κ3) is 1.98. The molecule has 0 aliphatic rings. The number of nitrogens with zero attached hydrogens (tertiary/aromatic N) is 1. The highest BCUT2D eigenvalue weighted by Gasteiger charge is 2.14. The summed E-state index contributed by atoms with van der Waals surface area (Å²) in [6.45, 7) is 0. The first-order valence-electron chi connectivity index (χ1n) is 5.62. The van der Waals surface area contributed by atoms with Crippen molar-refractivity contribution in [1.82, 2.24) is 9.97 Å². The molecule has 3 nitrogen and oxygen atoms in total. The number of halogens is 1. The SMILES string of the molecule is OC(c1ccccc1)c1nc2ccc(Cl)cc2[nH]1. The van der Waals surface area contributed by atoms with E-state index in [2.05, 4.69) is 9.97 Å². The fourth-order valence-electron chi connectivity index (χ4n) is 1.92. The van der Waals surface area contributed by atoms with E-state index in [9.17, 15) is 5.11 Å². The topological polar surface area (TPSA) is 48.9 Å². The lowest BCUT2D eigenvalue weighted by Crippen LogP contribution is -2.01. The van der Waals surface area contributed by atoms with Gasteiger partial charge in [-0.15, -0.1) is 0 Å². The summed E-state index contributed by atoms with van der Waals surface area (Å²) in [5, 5.41) is 10.9. The molecular formula is C14H11ClN2O. The second kappa shape index (κ2) is 4.44. The molecule has 1 heterocycles. The Morgan fingerprint density at radius 3 is 2.67 bits per heavy atom. The highest BCUT2D eigenvalue weighted by atomic mass is 35.5. The van der Waals surface area contributed by atoms with Gasteiger partial charge in [-0.3, -0.25) is 0 Å². The maximum atomic E-state index is 10.2. The smallest absolute Gasteiger partial charge is 0.140 e. The Morgan fingerprint density at radius 1 is 1.11 bits per heavy atom. The summed E-state index contributed by atoms with van der Waals surface area (Å²) in [5.41, 5.74) is 2.43. The zero-order chi connectivity index (χ0) is 12.5. The molecule has 0 saturated carbocycles. The Morgan fingerprint density at radius 2 is 1.89 bits per heavy atom. The first-order valence-corrected chi connectivity index (χ1v) is 6.00. The lowest BCUT2D eigenvalue weighted by atomic mass is 10.1. The predicted molar refractivity (Wildman–Crippen MR) is 71.6 cm³/mol. The van der Waals surface area contributed by atoms with E-state index in [4.69, 9.17) is 11.6 Å². The van der Waals surface area contributed by atoms with Crippen LogP contribution in [-0.4, -0.2) is 15.1 Å². The van der Waals surface area contributed by atoms with Crippen molar-refractivity contribution in [3.63, 3.8) is 0 Å². The zero-order valence-corrected chi connectivity index (χ0v) is 10.2. The molecule has 1 atom stereocenters. The zero-order valence-electron chi connectivity index (χ0n) is 9.47. The van der Waals surface area contributed by atoms with E-state index in [-0.39, 0.29) is 0 Å². The quantitative estimate of drug-likeness (QED) is 0.741. The number of aromatic amines is 1. The van der Waals surface area contributed by atoms with Crippen molar-refractivity contribution in [1.29, 1.82) is 0 Å². The number of aliphatic hydroxyl groups is 1. The molecule has 18 heavy (non-hydrogen) atoms. The summed E-state index contributed by atoms with van der Waals surface area (Å²) in [6.07, 6.45) is -0.752. The first-order chi connectivity index (χ1) is 8.74. The van der Waals surface area contributed by atoms with Gasteiger partial charge in [0.25, 0.3) is 0 Å². The Bertz CT molecular complexity index is 679. The van der Waals surface area contributed by atoms with Gasteiger partial charge in [-0.05, 0) is 23.8 Å². The van der Waals surface area contributed by atoms with Crippen LogP contribution in [0.3, 0.4) is 0 Å². The molecule has 0 radical (unpaired) electrons. The van der Waals surface area contributed by atoms with Crippen LogP contribution >= 0.6 is 11.6 Å². The highest BCUT2D eigenvalue weighted by Crippen LogP contribution is 2.23. The molecule has 0 saturated heterocycles. The molecule has 0 amide bonds. The Hall–Kier alpha value is -1.84. The number of aliphatic hydroxyl groups excluding tert-OH is 1. The van der Waals surface area contributed by atoms with Gasteiger partial charge in [0.2, 0.25) is 0 Å². The van der Waals surface area contributed by atoms with Gasteiger partial charge in [0.15, 0.2) is 0 Å². The number of imidazole rings is 1. The number of rotatable bonds is 2. The Kier molecular flexibility index (Phi) is 2.78. The van der Waals surface area contributed by atoms with Crippen molar-refractivity contribution in [3.05, 3.63) is 64.9 Å². The highest BCUT2D eigenvalue weighted by molar-refractivity contribution is 6.31. The van der Waals surface area contributed by atoms with Gasteiger partial charge >= 0.3 is 0 Å². The van der Waals surface area contributed by atoms with Crippen LogP contribution in [0.2, 0.25) is 5.02 Å². The second-order valence-electron chi connectivity index (χ2n) is 4.10. The number of benzene rings is 2. The van der Waals surface area contributed by atoms with Crippen LogP contribution in [0.25, 0.3) is 11.0 Å². The average molecular weight is 259 g/mol. The molecule has 4 heteroatoms. The van der Waals surface area contributed by atoms with Crippen LogP contribution < -0.4 is 0 Å². The van der Waals surface area contributed by atoms with E-state index in [1.807, 2.05) is 36.4 Å². The summed E-state index contributed by atoms with van der Waals surface area (Å²) in [4.78, 5) is 7.46. The van der Waals surface area contributed by atoms with Gasteiger partial charge in [-0.2, -0.15) is 0 Å². The van der Waals surface area contributed by atoms with Gasteiger partial charge in [0.05, 0.1) is 11.0 Å². The molecule has 0 aliphatic heterocycles. The van der Waals surface area contributed by atoms with Gasteiger partial charge < -0.3 is 10.1 Å². The number of hydrogen-bond acceptors (Lipinski definition) is 2.